The van der Waals surface area contributed by atoms with E-state index < -0.39 is 9.84 Å². The van der Waals surface area contributed by atoms with Crippen LogP contribution in [0, 0.1) is 0 Å². The fourth-order valence-electron chi connectivity index (χ4n) is 1.80. The highest BCUT2D eigenvalue weighted by molar-refractivity contribution is 7.95. The molecule has 15 heavy (non-hydrogen) atoms. The highest BCUT2D eigenvalue weighted by atomic mass is 32.2. The molecule has 1 aromatic carbocycles. The van der Waals surface area contributed by atoms with Gasteiger partial charge in [-0.05, 0) is 30.5 Å². The molecule has 0 bridgehead atoms. The van der Waals surface area contributed by atoms with Gasteiger partial charge in [-0.3, -0.25) is 0 Å². The Balaban J connectivity index is 2.54. The molecular formula is C11H13NO2S. The molecule has 0 radical (unpaired) electrons. The van der Waals surface area contributed by atoms with E-state index in [-0.39, 0.29) is 6.04 Å². The third kappa shape index (κ3) is 1.82. The average Bonchev–Trinajstić information content (AvgIpc) is 2.39. The van der Waals surface area contributed by atoms with Crippen LogP contribution in [-0.4, -0.2) is 14.5 Å². The Kier molecular flexibility index (Phi) is 2.40. The van der Waals surface area contributed by atoms with Crippen LogP contribution in [-0.2, 0) is 9.84 Å². The number of hydrogen-bond donors (Lipinski definition) is 1. The van der Waals surface area contributed by atoms with Crippen LogP contribution in [0.3, 0.4) is 0 Å². The van der Waals surface area contributed by atoms with Crippen molar-refractivity contribution >= 4 is 15.4 Å². The second-order valence-electron chi connectivity index (χ2n) is 3.87. The van der Waals surface area contributed by atoms with Crippen molar-refractivity contribution in [3.63, 3.8) is 0 Å². The van der Waals surface area contributed by atoms with E-state index in [1.54, 1.807) is 12.1 Å². The molecule has 1 aliphatic heterocycles. The van der Waals surface area contributed by atoms with Crippen molar-refractivity contribution < 1.29 is 8.42 Å². The quantitative estimate of drug-likeness (QED) is 0.827. The summed E-state index contributed by atoms with van der Waals surface area (Å²) in [6, 6.07) is 7.01. The molecule has 0 aromatic heterocycles. The molecule has 1 atom stereocenters. The molecule has 0 saturated heterocycles. The summed E-state index contributed by atoms with van der Waals surface area (Å²) in [5.74, 6) is 0. The summed E-state index contributed by atoms with van der Waals surface area (Å²) in [6.45, 7) is 1.87. The molecule has 4 heteroatoms. The third-order valence-electron chi connectivity index (χ3n) is 2.38. The van der Waals surface area contributed by atoms with E-state index in [9.17, 15) is 8.42 Å². The number of benzene rings is 1. The summed E-state index contributed by atoms with van der Waals surface area (Å²) in [5, 5.41) is 1.33. The highest BCUT2D eigenvalue weighted by Gasteiger charge is 2.26. The van der Waals surface area contributed by atoms with Crippen LogP contribution in [0.5, 0.6) is 0 Å². The minimum absolute atomic E-state index is 0.0300. The Morgan fingerprint density at radius 3 is 2.67 bits per heavy atom. The molecule has 2 N–H and O–H groups in total. The molecule has 80 valence electrons. The van der Waals surface area contributed by atoms with Gasteiger partial charge in [-0.25, -0.2) is 8.42 Å². The minimum Gasteiger partial charge on any atom is -0.328 e. The maximum atomic E-state index is 11.7. The molecule has 1 heterocycles. The number of nitrogens with two attached hydrogens (primary N) is 1. The monoisotopic (exact) mass is 223 g/mol. The van der Waals surface area contributed by atoms with Crippen molar-refractivity contribution in [3.05, 3.63) is 35.2 Å². The van der Waals surface area contributed by atoms with Crippen molar-refractivity contribution in [3.8, 4) is 0 Å². The zero-order valence-electron chi connectivity index (χ0n) is 8.47. The maximum Gasteiger partial charge on any atom is 0.200 e. The Hall–Kier alpha value is -1.13. The lowest BCUT2D eigenvalue weighted by Gasteiger charge is -2.06. The predicted octanol–water partition coefficient (Wildman–Crippen LogP) is 1.55. The van der Waals surface area contributed by atoms with Gasteiger partial charge in [0.2, 0.25) is 9.84 Å². The summed E-state index contributed by atoms with van der Waals surface area (Å²) in [5.41, 5.74) is 7.30. The van der Waals surface area contributed by atoms with Crippen LogP contribution in [0.4, 0.5) is 0 Å². The van der Waals surface area contributed by atoms with E-state index in [0.29, 0.717) is 11.3 Å². The van der Waals surface area contributed by atoms with E-state index in [1.807, 2.05) is 19.1 Å². The summed E-state index contributed by atoms with van der Waals surface area (Å²) >= 11 is 0. The molecular weight excluding hydrogens is 210 g/mol. The molecule has 0 spiro atoms. The number of hydrogen-bond acceptors (Lipinski definition) is 3. The Bertz CT molecular complexity index is 515. The Morgan fingerprint density at radius 2 is 2.00 bits per heavy atom. The second kappa shape index (κ2) is 3.47. The van der Waals surface area contributed by atoms with E-state index >= 15 is 0 Å². The van der Waals surface area contributed by atoms with Crippen LogP contribution in [0.2, 0.25) is 0 Å². The van der Waals surface area contributed by atoms with E-state index in [2.05, 4.69) is 0 Å². The fourth-order valence-corrected chi connectivity index (χ4v) is 3.30. The maximum absolute atomic E-state index is 11.7. The molecule has 0 amide bonds. The van der Waals surface area contributed by atoms with Gasteiger partial charge in [0.1, 0.15) is 0 Å². The second-order valence-corrected chi connectivity index (χ2v) is 5.63. The summed E-state index contributed by atoms with van der Waals surface area (Å²) in [6.07, 6.45) is 0.593. The standard InChI is InChI=1S/C11H13NO2S/c1-8(12)6-9-7-15(13,14)11-5-3-2-4-10(9)11/h2-5,7-8H,6,12H2,1H3. The zero-order chi connectivity index (χ0) is 11.1. The fraction of sp³-hybridized carbons (Fsp3) is 0.273. The molecule has 1 unspecified atom stereocenters. The van der Waals surface area contributed by atoms with E-state index in [4.69, 9.17) is 5.73 Å². The summed E-state index contributed by atoms with van der Waals surface area (Å²) < 4.78 is 23.5. The normalized spacial score (nSPS) is 19.5. The molecule has 3 nitrogen and oxygen atoms in total. The number of fused-ring (bicyclic) bond motifs is 1. The van der Waals surface area contributed by atoms with Crippen molar-refractivity contribution in [1.82, 2.24) is 0 Å². The first-order chi connectivity index (χ1) is 7.00. The molecule has 2 rings (SSSR count). The third-order valence-corrected chi connectivity index (χ3v) is 3.94. The van der Waals surface area contributed by atoms with Gasteiger partial charge >= 0.3 is 0 Å². The Morgan fingerprint density at radius 1 is 1.33 bits per heavy atom. The van der Waals surface area contributed by atoms with Gasteiger partial charge < -0.3 is 5.73 Å². The predicted molar refractivity (Wildman–Crippen MR) is 59.9 cm³/mol. The number of sulfone groups is 1. The van der Waals surface area contributed by atoms with Gasteiger partial charge in [-0.2, -0.15) is 0 Å². The molecule has 1 aromatic rings. The molecule has 0 fully saturated rings. The lowest BCUT2D eigenvalue weighted by Crippen LogP contribution is -2.14. The topological polar surface area (TPSA) is 60.2 Å². The van der Waals surface area contributed by atoms with Gasteiger partial charge in [0, 0.05) is 11.4 Å². The van der Waals surface area contributed by atoms with Crippen LogP contribution in [0.15, 0.2) is 34.6 Å². The largest absolute Gasteiger partial charge is 0.328 e. The minimum atomic E-state index is -3.22. The van der Waals surface area contributed by atoms with Gasteiger partial charge in [0.05, 0.1) is 4.90 Å². The van der Waals surface area contributed by atoms with E-state index in [1.165, 1.54) is 5.41 Å². The zero-order valence-corrected chi connectivity index (χ0v) is 9.29. The molecule has 1 aliphatic rings. The lowest BCUT2D eigenvalue weighted by atomic mass is 10.0. The van der Waals surface area contributed by atoms with Crippen molar-refractivity contribution in [2.45, 2.75) is 24.3 Å². The van der Waals surface area contributed by atoms with Gasteiger partial charge in [0.15, 0.2) is 0 Å². The van der Waals surface area contributed by atoms with Gasteiger partial charge in [-0.1, -0.05) is 18.2 Å². The first-order valence-corrected chi connectivity index (χ1v) is 6.36. The van der Waals surface area contributed by atoms with Crippen molar-refractivity contribution in [2.75, 3.05) is 0 Å². The lowest BCUT2D eigenvalue weighted by molar-refractivity contribution is 0.605. The Labute approximate surface area is 89.5 Å². The van der Waals surface area contributed by atoms with Crippen molar-refractivity contribution in [2.24, 2.45) is 5.73 Å². The number of rotatable bonds is 2. The summed E-state index contributed by atoms with van der Waals surface area (Å²) in [4.78, 5) is 0.403. The SMILES string of the molecule is CC(N)CC1=CS(=O)(=O)c2ccccc21. The first-order valence-electron chi connectivity index (χ1n) is 4.81. The average molecular weight is 223 g/mol. The van der Waals surface area contributed by atoms with Crippen LogP contribution < -0.4 is 5.73 Å². The van der Waals surface area contributed by atoms with E-state index in [0.717, 1.165) is 11.1 Å². The summed E-state index contributed by atoms with van der Waals surface area (Å²) in [7, 11) is -3.22. The molecule has 0 saturated carbocycles. The van der Waals surface area contributed by atoms with Crippen molar-refractivity contribution in [1.29, 1.82) is 0 Å². The van der Waals surface area contributed by atoms with Gasteiger partial charge in [0.25, 0.3) is 0 Å². The molecule has 0 aliphatic carbocycles. The van der Waals surface area contributed by atoms with Crippen LogP contribution in [0.1, 0.15) is 18.9 Å². The van der Waals surface area contributed by atoms with Crippen LogP contribution in [0.25, 0.3) is 5.57 Å². The highest BCUT2D eigenvalue weighted by Crippen LogP contribution is 2.35. The van der Waals surface area contributed by atoms with Crippen LogP contribution >= 0.6 is 0 Å². The smallest absolute Gasteiger partial charge is 0.200 e. The first kappa shape index (κ1) is 10.4. The van der Waals surface area contributed by atoms with Gasteiger partial charge in [-0.15, -0.1) is 0 Å².